The lowest BCUT2D eigenvalue weighted by molar-refractivity contribution is 0.149. The van der Waals surface area contributed by atoms with Crippen molar-refractivity contribution in [1.82, 2.24) is 10.2 Å². The van der Waals surface area contributed by atoms with Gasteiger partial charge >= 0.3 is 0 Å². The average Bonchev–Trinajstić information content (AvgIpc) is 2.29. The number of hydrogen-bond acceptors (Lipinski definition) is 3. The fourth-order valence-corrected chi connectivity index (χ4v) is 2.66. The zero-order valence-corrected chi connectivity index (χ0v) is 11.1. The van der Waals surface area contributed by atoms with Crippen molar-refractivity contribution < 1.29 is 5.11 Å². The molecular formula is C13H28N2O. The zero-order chi connectivity index (χ0) is 12.0. The van der Waals surface area contributed by atoms with Gasteiger partial charge in [0.1, 0.15) is 0 Å². The van der Waals surface area contributed by atoms with E-state index in [9.17, 15) is 0 Å². The molecule has 0 aliphatic heterocycles. The fraction of sp³-hybridized carbons (Fsp3) is 1.00. The summed E-state index contributed by atoms with van der Waals surface area (Å²) in [5.74, 6) is 0.919. The third-order valence-corrected chi connectivity index (χ3v) is 4.00. The van der Waals surface area contributed by atoms with E-state index in [2.05, 4.69) is 24.2 Å². The second-order valence-electron chi connectivity index (χ2n) is 5.35. The quantitative estimate of drug-likeness (QED) is 0.722. The summed E-state index contributed by atoms with van der Waals surface area (Å²) in [5, 5.41) is 12.2. The lowest BCUT2D eigenvalue weighted by Crippen LogP contribution is -2.44. The molecule has 3 heteroatoms. The van der Waals surface area contributed by atoms with Crippen LogP contribution in [0.4, 0.5) is 0 Å². The molecule has 0 saturated heterocycles. The van der Waals surface area contributed by atoms with Crippen LogP contribution >= 0.6 is 0 Å². The van der Waals surface area contributed by atoms with Gasteiger partial charge in [0.25, 0.3) is 0 Å². The molecule has 3 nitrogen and oxygen atoms in total. The van der Waals surface area contributed by atoms with Crippen molar-refractivity contribution in [3.05, 3.63) is 0 Å². The van der Waals surface area contributed by atoms with E-state index in [0.717, 1.165) is 24.9 Å². The van der Waals surface area contributed by atoms with Gasteiger partial charge in [0, 0.05) is 25.2 Å². The van der Waals surface area contributed by atoms with Crippen molar-refractivity contribution in [2.45, 2.75) is 51.1 Å². The molecule has 1 rings (SSSR count). The molecular weight excluding hydrogens is 200 g/mol. The highest BCUT2D eigenvalue weighted by molar-refractivity contribution is 4.79. The van der Waals surface area contributed by atoms with Crippen molar-refractivity contribution in [2.75, 3.05) is 27.2 Å². The Balaban J connectivity index is 2.30. The van der Waals surface area contributed by atoms with Crippen molar-refractivity contribution in [2.24, 2.45) is 5.92 Å². The fourth-order valence-electron chi connectivity index (χ4n) is 2.66. The molecule has 0 aromatic heterocycles. The van der Waals surface area contributed by atoms with Gasteiger partial charge in [0.2, 0.25) is 0 Å². The first-order valence-electron chi connectivity index (χ1n) is 6.65. The minimum atomic E-state index is 0.279. The third kappa shape index (κ3) is 4.40. The molecule has 0 aromatic rings. The summed E-state index contributed by atoms with van der Waals surface area (Å²) in [6, 6.07) is 1.18. The summed E-state index contributed by atoms with van der Waals surface area (Å²) < 4.78 is 0. The lowest BCUT2D eigenvalue weighted by Gasteiger charge is -2.35. The normalized spacial score (nSPS) is 28.3. The maximum atomic E-state index is 8.97. The van der Waals surface area contributed by atoms with Gasteiger partial charge in [0.05, 0.1) is 0 Å². The van der Waals surface area contributed by atoms with E-state index in [-0.39, 0.29) is 6.61 Å². The van der Waals surface area contributed by atoms with E-state index in [1.54, 1.807) is 0 Å². The minimum absolute atomic E-state index is 0.279. The summed E-state index contributed by atoms with van der Waals surface area (Å²) in [6.07, 6.45) is 6.28. The molecule has 1 aliphatic carbocycles. The van der Waals surface area contributed by atoms with Crippen LogP contribution in [0.2, 0.25) is 0 Å². The second-order valence-corrected chi connectivity index (χ2v) is 5.35. The van der Waals surface area contributed by atoms with Gasteiger partial charge in [-0.25, -0.2) is 0 Å². The largest absolute Gasteiger partial charge is 0.396 e. The number of nitrogens with one attached hydrogen (secondary N) is 1. The Kier molecular flexibility index (Phi) is 6.32. The van der Waals surface area contributed by atoms with Crippen LogP contribution < -0.4 is 5.32 Å². The highest BCUT2D eigenvalue weighted by Gasteiger charge is 2.22. The van der Waals surface area contributed by atoms with E-state index in [1.165, 1.54) is 25.7 Å². The van der Waals surface area contributed by atoms with Crippen LogP contribution in [0.5, 0.6) is 0 Å². The highest BCUT2D eigenvalue weighted by Crippen LogP contribution is 2.26. The summed E-state index contributed by atoms with van der Waals surface area (Å²) in [4.78, 5) is 2.47. The Bertz CT molecular complexity index is 179. The molecule has 2 N–H and O–H groups in total. The Morgan fingerprint density at radius 2 is 1.94 bits per heavy atom. The van der Waals surface area contributed by atoms with Gasteiger partial charge in [-0.15, -0.1) is 0 Å². The number of likely N-dealkylation sites (N-methyl/N-ethyl adjacent to an activating group) is 2. The molecule has 1 fully saturated rings. The Morgan fingerprint density at radius 3 is 2.44 bits per heavy atom. The first-order chi connectivity index (χ1) is 7.67. The molecule has 0 amide bonds. The summed E-state index contributed by atoms with van der Waals surface area (Å²) >= 11 is 0. The van der Waals surface area contributed by atoms with Crippen molar-refractivity contribution in [3.8, 4) is 0 Å². The predicted octanol–water partition coefficient (Wildman–Crippen LogP) is 1.47. The van der Waals surface area contributed by atoms with Gasteiger partial charge in [-0.1, -0.05) is 6.92 Å². The van der Waals surface area contributed by atoms with E-state index >= 15 is 0 Å². The zero-order valence-electron chi connectivity index (χ0n) is 11.1. The van der Waals surface area contributed by atoms with Crippen LogP contribution in [0.15, 0.2) is 0 Å². The third-order valence-electron chi connectivity index (χ3n) is 4.00. The first kappa shape index (κ1) is 13.9. The number of aliphatic hydroxyl groups excluding tert-OH is 1. The maximum Gasteiger partial charge on any atom is 0.0446 e. The molecule has 0 aromatic carbocycles. The SMILES string of the molecule is CNC(CCO)CN(C)C1CCC(C)CC1. The maximum absolute atomic E-state index is 8.97. The molecule has 96 valence electrons. The minimum Gasteiger partial charge on any atom is -0.396 e. The molecule has 1 atom stereocenters. The van der Waals surface area contributed by atoms with Gasteiger partial charge in [0.15, 0.2) is 0 Å². The molecule has 0 radical (unpaired) electrons. The van der Waals surface area contributed by atoms with Crippen molar-refractivity contribution >= 4 is 0 Å². The molecule has 16 heavy (non-hydrogen) atoms. The molecule has 0 spiro atoms. The van der Waals surface area contributed by atoms with Gasteiger partial charge < -0.3 is 15.3 Å². The smallest absolute Gasteiger partial charge is 0.0446 e. The Labute approximate surface area is 100 Å². The molecule has 0 bridgehead atoms. The predicted molar refractivity (Wildman–Crippen MR) is 68.6 cm³/mol. The lowest BCUT2D eigenvalue weighted by atomic mass is 9.86. The van der Waals surface area contributed by atoms with E-state index < -0.39 is 0 Å². The van der Waals surface area contributed by atoms with Crippen LogP contribution in [-0.2, 0) is 0 Å². The van der Waals surface area contributed by atoms with E-state index in [4.69, 9.17) is 5.11 Å². The Morgan fingerprint density at radius 1 is 1.31 bits per heavy atom. The summed E-state index contributed by atoms with van der Waals surface area (Å²) in [7, 11) is 4.21. The number of aliphatic hydroxyl groups is 1. The molecule has 1 unspecified atom stereocenters. The molecule has 0 heterocycles. The second kappa shape index (κ2) is 7.25. The highest BCUT2D eigenvalue weighted by atomic mass is 16.3. The molecule has 1 saturated carbocycles. The van der Waals surface area contributed by atoms with Crippen LogP contribution in [0.3, 0.4) is 0 Å². The summed E-state index contributed by atoms with van der Waals surface area (Å²) in [6.45, 7) is 3.69. The van der Waals surface area contributed by atoms with E-state index in [0.29, 0.717) is 6.04 Å². The number of rotatable bonds is 6. The van der Waals surface area contributed by atoms with Gasteiger partial charge in [-0.05, 0) is 52.1 Å². The van der Waals surface area contributed by atoms with Crippen molar-refractivity contribution in [3.63, 3.8) is 0 Å². The van der Waals surface area contributed by atoms with Crippen LogP contribution in [0, 0.1) is 5.92 Å². The van der Waals surface area contributed by atoms with Crippen LogP contribution in [0.1, 0.15) is 39.0 Å². The monoisotopic (exact) mass is 228 g/mol. The van der Waals surface area contributed by atoms with Gasteiger partial charge in [-0.3, -0.25) is 0 Å². The van der Waals surface area contributed by atoms with Gasteiger partial charge in [-0.2, -0.15) is 0 Å². The standard InChI is InChI=1S/C13H28N2O/c1-11-4-6-13(7-5-11)15(3)10-12(14-2)8-9-16/h11-14,16H,4-10H2,1-3H3. The van der Waals surface area contributed by atoms with Crippen LogP contribution in [-0.4, -0.2) is 49.3 Å². The summed E-state index contributed by atoms with van der Waals surface area (Å²) in [5.41, 5.74) is 0. The number of hydrogen-bond donors (Lipinski definition) is 2. The topological polar surface area (TPSA) is 35.5 Å². The average molecular weight is 228 g/mol. The first-order valence-corrected chi connectivity index (χ1v) is 6.65. The Hall–Kier alpha value is -0.120. The van der Waals surface area contributed by atoms with Crippen LogP contribution in [0.25, 0.3) is 0 Å². The molecule has 1 aliphatic rings. The van der Waals surface area contributed by atoms with Crippen molar-refractivity contribution in [1.29, 1.82) is 0 Å². The van der Waals surface area contributed by atoms with E-state index in [1.807, 2.05) is 7.05 Å². The number of nitrogens with zero attached hydrogens (tertiary/aromatic N) is 1.